The molecule has 0 atom stereocenters. The molecule has 2 aromatic carbocycles. The third-order valence-corrected chi connectivity index (χ3v) is 3.40. The first-order chi connectivity index (χ1) is 10.1. The quantitative estimate of drug-likeness (QED) is 0.750. The zero-order valence-corrected chi connectivity index (χ0v) is 11.3. The third kappa shape index (κ3) is 2.38. The summed E-state index contributed by atoms with van der Waals surface area (Å²) in [5.41, 5.74) is 9.47. The number of nitrogens with one attached hydrogen (secondary N) is 1. The maximum absolute atomic E-state index is 13.5. The topological polar surface area (TPSA) is 54.7 Å². The minimum atomic E-state index is -0.339. The van der Waals surface area contributed by atoms with Crippen LogP contribution in [0.25, 0.3) is 22.4 Å². The number of hydrogen-bond donors (Lipinski definition) is 2. The van der Waals surface area contributed by atoms with E-state index in [1.807, 2.05) is 6.92 Å². The van der Waals surface area contributed by atoms with Gasteiger partial charge in [-0.05, 0) is 42.3 Å². The van der Waals surface area contributed by atoms with Crippen LogP contribution in [0.4, 0.5) is 14.6 Å². The lowest BCUT2D eigenvalue weighted by molar-refractivity contribution is 0.627. The molecule has 3 N–H and O–H groups in total. The first-order valence-corrected chi connectivity index (χ1v) is 6.42. The predicted octanol–water partition coefficient (Wildman–Crippen LogP) is 3.91. The van der Waals surface area contributed by atoms with E-state index in [1.54, 1.807) is 18.2 Å². The summed E-state index contributed by atoms with van der Waals surface area (Å²) in [5, 5.41) is 6.84. The highest BCUT2D eigenvalue weighted by Crippen LogP contribution is 2.36. The van der Waals surface area contributed by atoms with E-state index in [2.05, 4.69) is 10.2 Å². The van der Waals surface area contributed by atoms with Gasteiger partial charge in [0.2, 0.25) is 0 Å². The number of halogens is 2. The van der Waals surface area contributed by atoms with E-state index >= 15 is 0 Å². The Kier molecular flexibility index (Phi) is 3.17. The molecule has 0 radical (unpaired) electrons. The minimum absolute atomic E-state index is 0.292. The Labute approximate surface area is 120 Å². The van der Waals surface area contributed by atoms with E-state index in [9.17, 15) is 8.78 Å². The van der Waals surface area contributed by atoms with Crippen LogP contribution in [0.3, 0.4) is 0 Å². The summed E-state index contributed by atoms with van der Waals surface area (Å²) in [4.78, 5) is 0. The van der Waals surface area contributed by atoms with Gasteiger partial charge in [0.05, 0.1) is 11.3 Å². The number of benzene rings is 2. The average Bonchev–Trinajstić information content (AvgIpc) is 2.84. The van der Waals surface area contributed by atoms with Gasteiger partial charge in [0, 0.05) is 5.56 Å². The van der Waals surface area contributed by atoms with Crippen molar-refractivity contribution in [1.82, 2.24) is 10.2 Å². The van der Waals surface area contributed by atoms with Gasteiger partial charge in [-0.15, -0.1) is 0 Å². The van der Waals surface area contributed by atoms with Crippen molar-refractivity contribution in [2.45, 2.75) is 6.92 Å². The van der Waals surface area contributed by atoms with Crippen molar-refractivity contribution in [1.29, 1.82) is 0 Å². The van der Waals surface area contributed by atoms with E-state index in [1.165, 1.54) is 24.3 Å². The smallest absolute Gasteiger partial charge is 0.153 e. The molecule has 0 amide bonds. The van der Waals surface area contributed by atoms with E-state index in [-0.39, 0.29) is 11.6 Å². The summed E-state index contributed by atoms with van der Waals surface area (Å²) in [5.74, 6) is -0.376. The Morgan fingerprint density at radius 3 is 2.38 bits per heavy atom. The van der Waals surface area contributed by atoms with Gasteiger partial charge in [-0.3, -0.25) is 5.10 Å². The van der Waals surface area contributed by atoms with Crippen LogP contribution in [-0.2, 0) is 0 Å². The second-order valence-electron chi connectivity index (χ2n) is 4.82. The fourth-order valence-electron chi connectivity index (χ4n) is 2.32. The molecule has 0 aliphatic heterocycles. The van der Waals surface area contributed by atoms with Gasteiger partial charge in [-0.2, -0.15) is 5.10 Å². The molecule has 0 fully saturated rings. The minimum Gasteiger partial charge on any atom is -0.382 e. The Morgan fingerprint density at radius 2 is 1.67 bits per heavy atom. The summed E-state index contributed by atoms with van der Waals surface area (Å²) in [7, 11) is 0. The largest absolute Gasteiger partial charge is 0.382 e. The van der Waals surface area contributed by atoms with Crippen molar-refractivity contribution in [2.75, 3.05) is 5.73 Å². The van der Waals surface area contributed by atoms with Gasteiger partial charge in [0.15, 0.2) is 5.82 Å². The molecule has 3 rings (SSSR count). The fraction of sp³-hybridized carbons (Fsp3) is 0.0625. The average molecular weight is 285 g/mol. The lowest BCUT2D eigenvalue weighted by Gasteiger charge is -2.08. The van der Waals surface area contributed by atoms with Crippen LogP contribution in [0.15, 0.2) is 42.5 Å². The molecule has 0 spiro atoms. The van der Waals surface area contributed by atoms with E-state index in [0.717, 1.165) is 11.1 Å². The molecular weight excluding hydrogens is 272 g/mol. The highest BCUT2D eigenvalue weighted by molar-refractivity contribution is 5.88. The highest BCUT2D eigenvalue weighted by atomic mass is 19.1. The first-order valence-electron chi connectivity index (χ1n) is 6.42. The number of aromatic nitrogens is 2. The Balaban J connectivity index is 2.21. The van der Waals surface area contributed by atoms with Crippen LogP contribution in [0, 0.1) is 18.6 Å². The van der Waals surface area contributed by atoms with Gasteiger partial charge < -0.3 is 5.73 Å². The highest BCUT2D eigenvalue weighted by Gasteiger charge is 2.16. The third-order valence-electron chi connectivity index (χ3n) is 3.40. The van der Waals surface area contributed by atoms with Crippen LogP contribution in [0.5, 0.6) is 0 Å². The molecule has 0 saturated carbocycles. The molecule has 3 nitrogen and oxygen atoms in total. The van der Waals surface area contributed by atoms with Crippen molar-refractivity contribution >= 4 is 5.82 Å². The molecule has 21 heavy (non-hydrogen) atoms. The summed E-state index contributed by atoms with van der Waals surface area (Å²) < 4.78 is 26.6. The molecular formula is C16H13F2N3. The Bertz CT molecular complexity index is 792. The molecule has 3 aromatic rings. The van der Waals surface area contributed by atoms with Gasteiger partial charge in [0.1, 0.15) is 11.6 Å². The lowest BCUT2D eigenvalue weighted by Crippen LogP contribution is -1.91. The Morgan fingerprint density at radius 1 is 1.00 bits per heavy atom. The monoisotopic (exact) mass is 285 g/mol. The fourth-order valence-corrected chi connectivity index (χ4v) is 2.32. The van der Waals surface area contributed by atoms with Crippen molar-refractivity contribution in [3.8, 4) is 22.4 Å². The predicted molar refractivity (Wildman–Crippen MR) is 78.5 cm³/mol. The van der Waals surface area contributed by atoms with E-state index in [0.29, 0.717) is 22.6 Å². The van der Waals surface area contributed by atoms with Crippen molar-refractivity contribution in [3.63, 3.8) is 0 Å². The summed E-state index contributed by atoms with van der Waals surface area (Å²) in [6.07, 6.45) is 0. The number of aryl methyl sites for hydroxylation is 1. The molecule has 106 valence electrons. The van der Waals surface area contributed by atoms with Crippen molar-refractivity contribution in [3.05, 3.63) is 59.7 Å². The zero-order chi connectivity index (χ0) is 15.0. The number of nitrogens with two attached hydrogens (primary N) is 1. The second-order valence-corrected chi connectivity index (χ2v) is 4.82. The van der Waals surface area contributed by atoms with Crippen LogP contribution in [0.1, 0.15) is 5.56 Å². The first kappa shape index (κ1) is 13.3. The maximum atomic E-state index is 13.5. The van der Waals surface area contributed by atoms with Gasteiger partial charge in [0.25, 0.3) is 0 Å². The second kappa shape index (κ2) is 5.01. The van der Waals surface area contributed by atoms with Crippen molar-refractivity contribution < 1.29 is 8.78 Å². The molecule has 1 heterocycles. The number of nitrogens with zero attached hydrogens (tertiary/aromatic N) is 1. The molecule has 0 aliphatic carbocycles. The van der Waals surface area contributed by atoms with E-state index in [4.69, 9.17) is 5.73 Å². The van der Waals surface area contributed by atoms with Crippen LogP contribution < -0.4 is 5.73 Å². The number of rotatable bonds is 2. The van der Waals surface area contributed by atoms with Crippen LogP contribution in [-0.4, -0.2) is 10.2 Å². The molecule has 0 bridgehead atoms. The number of anilines is 1. The SMILES string of the molecule is Cc1ccc(F)cc1-c1[nH]nc(N)c1-c1ccc(F)cc1. The zero-order valence-electron chi connectivity index (χ0n) is 11.3. The molecule has 0 saturated heterocycles. The van der Waals surface area contributed by atoms with Crippen LogP contribution >= 0.6 is 0 Å². The molecule has 1 aromatic heterocycles. The molecule has 0 unspecified atom stereocenters. The molecule has 0 aliphatic rings. The van der Waals surface area contributed by atoms with Gasteiger partial charge in [-0.1, -0.05) is 18.2 Å². The van der Waals surface area contributed by atoms with Crippen LogP contribution in [0.2, 0.25) is 0 Å². The summed E-state index contributed by atoms with van der Waals surface area (Å²) >= 11 is 0. The summed E-state index contributed by atoms with van der Waals surface area (Å²) in [6, 6.07) is 10.5. The summed E-state index contributed by atoms with van der Waals surface area (Å²) in [6.45, 7) is 1.88. The lowest BCUT2D eigenvalue weighted by atomic mass is 9.98. The number of hydrogen-bond acceptors (Lipinski definition) is 2. The number of H-pyrrole nitrogens is 1. The number of aromatic amines is 1. The van der Waals surface area contributed by atoms with Gasteiger partial charge >= 0.3 is 0 Å². The molecule has 5 heteroatoms. The maximum Gasteiger partial charge on any atom is 0.153 e. The van der Waals surface area contributed by atoms with E-state index < -0.39 is 0 Å². The standard InChI is InChI=1S/C16H13F2N3/c1-9-2-5-12(18)8-13(9)15-14(16(19)21-20-15)10-3-6-11(17)7-4-10/h2-8H,1H3,(H3,19,20,21). The van der Waals surface area contributed by atoms with Crippen molar-refractivity contribution in [2.24, 2.45) is 0 Å². The normalized spacial score (nSPS) is 10.8. The number of nitrogen functional groups attached to an aromatic ring is 1. The Hall–Kier alpha value is -2.69. The van der Waals surface area contributed by atoms with Gasteiger partial charge in [-0.25, -0.2) is 8.78 Å².